The highest BCUT2D eigenvalue weighted by Crippen LogP contribution is 2.68. The Morgan fingerprint density at radius 1 is 0.230 bits per heavy atom. The SMILES string of the molecule is c1ccc(N(c2ccc3c(c2)C2(c4ccccc4-3)c3ccccc3-c3c2c(N(c2ccccc2)c2ccccc2)cc2ccccc32)c2cccc3c2-c2ccccc2C32c3ccccc3-c3ccccc32)cc1. The van der Waals surface area contributed by atoms with Crippen LogP contribution in [-0.4, -0.2) is 0 Å². The van der Waals surface area contributed by atoms with Gasteiger partial charge in [-0.15, -0.1) is 0 Å². The predicted octanol–water partition coefficient (Wildman–Crippen LogP) is 18.5. The lowest BCUT2D eigenvalue weighted by molar-refractivity contribution is 0.793. The Balaban J connectivity index is 1.01. The molecule has 0 amide bonds. The number of hydrogen-bond acceptors (Lipinski definition) is 2. The van der Waals surface area contributed by atoms with Crippen LogP contribution >= 0.6 is 0 Å². The lowest BCUT2D eigenvalue weighted by atomic mass is 9.69. The first-order chi connectivity index (χ1) is 36.8. The predicted molar refractivity (Wildman–Crippen MR) is 306 cm³/mol. The molecule has 74 heavy (non-hydrogen) atoms. The average Bonchev–Trinajstić information content (AvgIpc) is 4.20. The Morgan fingerprint density at radius 3 is 1.20 bits per heavy atom. The maximum absolute atomic E-state index is 2.55. The van der Waals surface area contributed by atoms with Crippen molar-refractivity contribution < 1.29 is 0 Å². The molecule has 4 aliphatic carbocycles. The number of fused-ring (bicyclic) bond motifs is 22. The van der Waals surface area contributed by atoms with Crippen molar-refractivity contribution in [3.05, 3.63) is 324 Å². The third-order valence-corrected chi connectivity index (χ3v) is 16.8. The molecule has 0 N–H and O–H groups in total. The van der Waals surface area contributed by atoms with Crippen molar-refractivity contribution in [3.8, 4) is 44.5 Å². The fourth-order valence-corrected chi connectivity index (χ4v) is 14.2. The zero-order valence-corrected chi connectivity index (χ0v) is 40.5. The van der Waals surface area contributed by atoms with Crippen molar-refractivity contribution in [3.63, 3.8) is 0 Å². The zero-order chi connectivity index (χ0) is 48.5. The molecule has 1 atom stereocenters. The van der Waals surface area contributed by atoms with Gasteiger partial charge in [0.2, 0.25) is 0 Å². The minimum absolute atomic E-state index is 0.471. The van der Waals surface area contributed by atoms with E-state index in [4.69, 9.17) is 0 Å². The summed E-state index contributed by atoms with van der Waals surface area (Å²) >= 11 is 0. The molecular weight excluding hydrogens is 893 g/mol. The molecule has 0 radical (unpaired) electrons. The lowest BCUT2D eigenvalue weighted by Gasteiger charge is -2.37. The summed E-state index contributed by atoms with van der Waals surface area (Å²) in [5.74, 6) is 0. The molecular formula is C72H46N2. The summed E-state index contributed by atoms with van der Waals surface area (Å²) in [5, 5.41) is 2.47. The van der Waals surface area contributed by atoms with Crippen LogP contribution in [-0.2, 0) is 10.8 Å². The third kappa shape index (κ3) is 5.28. The van der Waals surface area contributed by atoms with Crippen molar-refractivity contribution in [1.29, 1.82) is 0 Å². The lowest BCUT2D eigenvalue weighted by Crippen LogP contribution is -2.28. The Labute approximate surface area is 431 Å². The highest BCUT2D eigenvalue weighted by atomic mass is 15.2. The molecule has 2 spiro atoms. The van der Waals surface area contributed by atoms with Gasteiger partial charge < -0.3 is 9.80 Å². The molecule has 0 saturated carbocycles. The van der Waals surface area contributed by atoms with Crippen LogP contribution in [0.1, 0.15) is 44.5 Å². The normalized spacial score (nSPS) is 15.2. The molecule has 0 bridgehead atoms. The first-order valence-corrected chi connectivity index (χ1v) is 25.8. The van der Waals surface area contributed by atoms with E-state index in [1.54, 1.807) is 0 Å². The van der Waals surface area contributed by atoms with Gasteiger partial charge in [-0.2, -0.15) is 0 Å². The maximum Gasteiger partial charge on any atom is 0.0747 e. The van der Waals surface area contributed by atoms with E-state index in [-0.39, 0.29) is 0 Å². The highest BCUT2D eigenvalue weighted by molar-refractivity contribution is 6.11. The second kappa shape index (κ2) is 15.5. The smallest absolute Gasteiger partial charge is 0.0747 e. The summed E-state index contributed by atoms with van der Waals surface area (Å²) < 4.78 is 0. The van der Waals surface area contributed by atoms with Crippen LogP contribution in [0.25, 0.3) is 55.3 Å². The van der Waals surface area contributed by atoms with Crippen molar-refractivity contribution in [1.82, 2.24) is 0 Å². The Morgan fingerprint density at radius 2 is 0.635 bits per heavy atom. The second-order valence-corrected chi connectivity index (χ2v) is 20.2. The quantitative estimate of drug-likeness (QED) is 0.164. The van der Waals surface area contributed by atoms with Crippen molar-refractivity contribution >= 4 is 44.9 Å². The van der Waals surface area contributed by atoms with Crippen LogP contribution in [0.3, 0.4) is 0 Å². The van der Waals surface area contributed by atoms with E-state index in [2.05, 4.69) is 289 Å². The van der Waals surface area contributed by atoms with E-state index in [1.165, 1.54) is 105 Å². The number of nitrogens with zero attached hydrogens (tertiary/aromatic N) is 2. The van der Waals surface area contributed by atoms with Gasteiger partial charge >= 0.3 is 0 Å². The second-order valence-electron chi connectivity index (χ2n) is 20.2. The van der Waals surface area contributed by atoms with Gasteiger partial charge in [-0.3, -0.25) is 0 Å². The van der Waals surface area contributed by atoms with Crippen LogP contribution < -0.4 is 9.80 Å². The van der Waals surface area contributed by atoms with Gasteiger partial charge in [0, 0.05) is 33.9 Å². The van der Waals surface area contributed by atoms with E-state index < -0.39 is 10.8 Å². The molecule has 4 aliphatic rings. The van der Waals surface area contributed by atoms with E-state index in [0.717, 1.165) is 28.4 Å². The fourth-order valence-electron chi connectivity index (χ4n) is 14.2. The van der Waals surface area contributed by atoms with Gasteiger partial charge in [0.1, 0.15) is 0 Å². The molecule has 12 aromatic rings. The fraction of sp³-hybridized carbons (Fsp3) is 0.0278. The first-order valence-electron chi connectivity index (χ1n) is 25.8. The Hall–Kier alpha value is -9.50. The summed E-state index contributed by atoms with van der Waals surface area (Å²) in [6, 6.07) is 105. The molecule has 12 aromatic carbocycles. The van der Waals surface area contributed by atoms with Gasteiger partial charge in [-0.05, 0) is 149 Å². The topological polar surface area (TPSA) is 6.48 Å². The van der Waals surface area contributed by atoms with Crippen LogP contribution in [0.15, 0.2) is 279 Å². The van der Waals surface area contributed by atoms with Gasteiger partial charge in [0.15, 0.2) is 0 Å². The molecule has 0 aliphatic heterocycles. The largest absolute Gasteiger partial charge is 0.310 e. The van der Waals surface area contributed by atoms with Crippen molar-refractivity contribution in [2.45, 2.75) is 10.8 Å². The number of para-hydroxylation sites is 3. The Bertz CT molecular complexity index is 4190. The molecule has 0 aromatic heterocycles. The number of benzene rings is 12. The van der Waals surface area contributed by atoms with Crippen LogP contribution in [0.5, 0.6) is 0 Å². The molecule has 0 saturated heterocycles. The summed E-state index contributed by atoms with van der Waals surface area (Å²) in [6.07, 6.45) is 0. The van der Waals surface area contributed by atoms with E-state index in [1.807, 2.05) is 0 Å². The van der Waals surface area contributed by atoms with Crippen LogP contribution in [0.4, 0.5) is 34.1 Å². The van der Waals surface area contributed by atoms with Gasteiger partial charge in [-0.1, -0.05) is 218 Å². The summed E-state index contributed by atoms with van der Waals surface area (Å²) in [6.45, 7) is 0. The van der Waals surface area contributed by atoms with E-state index in [0.29, 0.717) is 0 Å². The molecule has 1 unspecified atom stereocenters. The standard InChI is InChI=1S/C72H46N2/c1-4-24-48(25-5-1)73(49-26-6-2-7-27-49)67-45-47-23-10-11-30-52(47)68-57-34-15-21-40-63(57)72(70(67)68)61-38-19-14-33-55(61)56-44-43-51(46-65(56)72)74(50-28-8-3-9-29-50)66-42-22-41-64-69(66)58-35-16-20-39-62(58)71(64)59-36-17-12-31-53(59)54-32-13-18-37-60(54)71/h1-46H. The molecule has 344 valence electrons. The van der Waals surface area contributed by atoms with Gasteiger partial charge in [0.05, 0.1) is 22.2 Å². The molecule has 16 rings (SSSR count). The third-order valence-electron chi connectivity index (χ3n) is 16.8. The number of rotatable bonds is 6. The zero-order valence-electron chi connectivity index (χ0n) is 40.5. The maximum atomic E-state index is 2.55. The minimum atomic E-state index is -0.691. The molecule has 2 heteroatoms. The Kier molecular flexibility index (Phi) is 8.62. The molecule has 0 heterocycles. The summed E-state index contributed by atoms with van der Waals surface area (Å²) in [4.78, 5) is 5.04. The average molecular weight is 939 g/mol. The van der Waals surface area contributed by atoms with Crippen molar-refractivity contribution in [2.24, 2.45) is 0 Å². The van der Waals surface area contributed by atoms with E-state index >= 15 is 0 Å². The van der Waals surface area contributed by atoms with Crippen LogP contribution in [0.2, 0.25) is 0 Å². The van der Waals surface area contributed by atoms with E-state index in [9.17, 15) is 0 Å². The summed E-state index contributed by atoms with van der Waals surface area (Å²) in [7, 11) is 0. The monoisotopic (exact) mass is 938 g/mol. The van der Waals surface area contributed by atoms with Crippen molar-refractivity contribution in [2.75, 3.05) is 9.80 Å². The molecule has 2 nitrogen and oxygen atoms in total. The van der Waals surface area contributed by atoms with Gasteiger partial charge in [0.25, 0.3) is 0 Å². The summed E-state index contributed by atoms with van der Waals surface area (Å²) in [5.41, 5.74) is 26.4. The highest BCUT2D eigenvalue weighted by Gasteiger charge is 2.55. The van der Waals surface area contributed by atoms with Gasteiger partial charge in [-0.25, -0.2) is 0 Å². The molecule has 0 fully saturated rings. The minimum Gasteiger partial charge on any atom is -0.310 e. The van der Waals surface area contributed by atoms with Crippen LogP contribution in [0, 0.1) is 0 Å². The number of hydrogen-bond donors (Lipinski definition) is 0. The number of anilines is 6. The first kappa shape index (κ1) is 41.2.